The molecule has 0 aromatic rings. The van der Waals surface area contributed by atoms with Gasteiger partial charge in [-0.1, -0.05) is 20.8 Å². The Morgan fingerprint density at radius 2 is 1.88 bits per heavy atom. The van der Waals surface area contributed by atoms with E-state index in [1.165, 1.54) is 6.92 Å². The van der Waals surface area contributed by atoms with Crippen LogP contribution in [-0.2, 0) is 4.43 Å². The number of rotatable bonds is 5. The van der Waals surface area contributed by atoms with E-state index in [1.54, 1.807) is 0 Å². The standard InChI is InChI=1S/C10H23NO4Si/c1-8(11(13)14)9(12)7-15-16(5,6)10(2,3)4/h8-9,12H,7H2,1-6H3/t8-,9-/m1/s1. The highest BCUT2D eigenvalue weighted by Gasteiger charge is 2.38. The lowest BCUT2D eigenvalue weighted by atomic mass is 10.2. The second kappa shape index (κ2) is 5.24. The summed E-state index contributed by atoms with van der Waals surface area (Å²) in [6, 6.07) is -0.982. The van der Waals surface area contributed by atoms with E-state index >= 15 is 0 Å². The SMILES string of the molecule is C[C@H]([C@H](O)CO[Si](C)(C)C(C)(C)C)[N+](=O)[O-]. The monoisotopic (exact) mass is 249 g/mol. The fraction of sp³-hybridized carbons (Fsp3) is 1.00. The highest BCUT2D eigenvalue weighted by Crippen LogP contribution is 2.36. The molecular formula is C10H23NO4Si. The molecular weight excluding hydrogens is 226 g/mol. The van der Waals surface area contributed by atoms with Gasteiger partial charge < -0.3 is 9.53 Å². The smallest absolute Gasteiger partial charge is 0.238 e. The van der Waals surface area contributed by atoms with Crippen LogP contribution in [-0.4, -0.2) is 37.1 Å². The van der Waals surface area contributed by atoms with Crippen LogP contribution in [0.3, 0.4) is 0 Å². The summed E-state index contributed by atoms with van der Waals surface area (Å²) in [6.07, 6.45) is -1.04. The third-order valence-corrected chi connectivity index (χ3v) is 7.81. The van der Waals surface area contributed by atoms with Crippen LogP contribution in [0.4, 0.5) is 0 Å². The minimum atomic E-state index is -1.93. The van der Waals surface area contributed by atoms with Crippen molar-refractivity contribution in [2.75, 3.05) is 6.61 Å². The van der Waals surface area contributed by atoms with E-state index in [2.05, 4.69) is 33.9 Å². The molecule has 0 aromatic carbocycles. The lowest BCUT2D eigenvalue weighted by Gasteiger charge is -2.36. The molecule has 16 heavy (non-hydrogen) atoms. The number of nitrogens with zero attached hydrogens (tertiary/aromatic N) is 1. The maximum absolute atomic E-state index is 10.5. The molecule has 0 saturated heterocycles. The molecule has 0 fully saturated rings. The molecule has 1 N–H and O–H groups in total. The Morgan fingerprint density at radius 3 is 2.19 bits per heavy atom. The maximum Gasteiger partial charge on any atom is 0.238 e. The van der Waals surface area contributed by atoms with Crippen LogP contribution in [0, 0.1) is 10.1 Å². The van der Waals surface area contributed by atoms with Crippen molar-refractivity contribution in [2.24, 2.45) is 0 Å². The number of aliphatic hydroxyl groups excluding tert-OH is 1. The number of aliphatic hydroxyl groups is 1. The van der Waals surface area contributed by atoms with Crippen molar-refractivity contribution < 1.29 is 14.5 Å². The Balaban J connectivity index is 4.31. The van der Waals surface area contributed by atoms with Gasteiger partial charge in [-0.25, -0.2) is 0 Å². The van der Waals surface area contributed by atoms with Gasteiger partial charge in [0.2, 0.25) is 6.04 Å². The van der Waals surface area contributed by atoms with Crippen molar-refractivity contribution >= 4 is 8.32 Å². The fourth-order valence-electron chi connectivity index (χ4n) is 0.790. The van der Waals surface area contributed by atoms with E-state index in [9.17, 15) is 15.2 Å². The second-order valence-electron chi connectivity index (χ2n) is 5.66. The average molecular weight is 249 g/mol. The predicted octanol–water partition coefficient (Wildman–Crippen LogP) is 2.03. The molecule has 0 aromatic heterocycles. The molecule has 0 saturated carbocycles. The maximum atomic E-state index is 10.5. The van der Waals surface area contributed by atoms with Crippen molar-refractivity contribution in [2.45, 2.75) is 58.0 Å². The lowest BCUT2D eigenvalue weighted by Crippen LogP contribution is -2.45. The number of hydrogen-bond acceptors (Lipinski definition) is 4. The Bertz CT molecular complexity index is 250. The van der Waals surface area contributed by atoms with Crippen LogP contribution in [0.15, 0.2) is 0 Å². The van der Waals surface area contributed by atoms with E-state index in [-0.39, 0.29) is 11.6 Å². The molecule has 0 heterocycles. The first-order valence-corrected chi connectivity index (χ1v) is 8.35. The van der Waals surface area contributed by atoms with E-state index < -0.39 is 25.4 Å². The van der Waals surface area contributed by atoms with Crippen LogP contribution in [0.1, 0.15) is 27.7 Å². The molecule has 0 aliphatic rings. The van der Waals surface area contributed by atoms with Crippen molar-refractivity contribution in [3.63, 3.8) is 0 Å². The Labute approximate surface area is 98.1 Å². The van der Waals surface area contributed by atoms with Crippen molar-refractivity contribution in [3.8, 4) is 0 Å². The zero-order chi connectivity index (χ0) is 13.1. The van der Waals surface area contributed by atoms with Gasteiger partial charge in [-0.3, -0.25) is 10.1 Å². The van der Waals surface area contributed by atoms with Crippen molar-refractivity contribution in [1.82, 2.24) is 0 Å². The average Bonchev–Trinajstić information content (AvgIpc) is 2.11. The summed E-state index contributed by atoms with van der Waals surface area (Å²) in [7, 11) is -1.93. The molecule has 5 nitrogen and oxygen atoms in total. The fourth-order valence-corrected chi connectivity index (χ4v) is 1.81. The topological polar surface area (TPSA) is 72.6 Å². The van der Waals surface area contributed by atoms with Crippen LogP contribution in [0.25, 0.3) is 0 Å². The molecule has 2 atom stereocenters. The molecule has 0 aliphatic carbocycles. The van der Waals surface area contributed by atoms with Crippen LogP contribution < -0.4 is 0 Å². The number of hydrogen-bond donors (Lipinski definition) is 1. The highest BCUT2D eigenvalue weighted by molar-refractivity contribution is 6.74. The van der Waals surface area contributed by atoms with Gasteiger partial charge in [0.25, 0.3) is 0 Å². The Kier molecular flexibility index (Phi) is 5.09. The predicted molar refractivity (Wildman–Crippen MR) is 65.6 cm³/mol. The van der Waals surface area contributed by atoms with Crippen molar-refractivity contribution in [3.05, 3.63) is 10.1 Å². The van der Waals surface area contributed by atoms with Gasteiger partial charge in [0.15, 0.2) is 8.32 Å². The molecule has 0 aliphatic heterocycles. The van der Waals surface area contributed by atoms with Crippen molar-refractivity contribution in [1.29, 1.82) is 0 Å². The molecule has 0 amide bonds. The summed E-state index contributed by atoms with van der Waals surface area (Å²) in [5.41, 5.74) is 0. The molecule has 0 spiro atoms. The minimum Gasteiger partial charge on any atom is -0.414 e. The van der Waals surface area contributed by atoms with Crippen LogP contribution >= 0.6 is 0 Å². The molecule has 0 bridgehead atoms. The molecule has 0 rings (SSSR count). The summed E-state index contributed by atoms with van der Waals surface area (Å²) >= 11 is 0. The molecule has 0 radical (unpaired) electrons. The summed E-state index contributed by atoms with van der Waals surface area (Å²) in [4.78, 5) is 9.98. The normalized spacial score (nSPS) is 16.9. The van der Waals surface area contributed by atoms with Gasteiger partial charge in [0.05, 0.1) is 6.61 Å². The summed E-state index contributed by atoms with van der Waals surface area (Å²) in [6.45, 7) is 11.8. The molecule has 0 unspecified atom stereocenters. The highest BCUT2D eigenvalue weighted by atomic mass is 28.4. The third kappa shape index (κ3) is 4.19. The molecule has 6 heteroatoms. The van der Waals surface area contributed by atoms with E-state index in [0.29, 0.717) is 0 Å². The van der Waals surface area contributed by atoms with Gasteiger partial charge in [0, 0.05) is 11.8 Å². The summed E-state index contributed by atoms with van der Waals surface area (Å²) < 4.78 is 5.71. The summed E-state index contributed by atoms with van der Waals surface area (Å²) in [5.74, 6) is 0. The first-order chi connectivity index (χ1) is 6.99. The zero-order valence-corrected chi connectivity index (χ0v) is 12.0. The first kappa shape index (κ1) is 15.5. The first-order valence-electron chi connectivity index (χ1n) is 5.44. The van der Waals surface area contributed by atoms with Crippen LogP contribution in [0.2, 0.25) is 18.1 Å². The quantitative estimate of drug-likeness (QED) is 0.460. The van der Waals surface area contributed by atoms with Gasteiger partial charge in [0.1, 0.15) is 6.10 Å². The lowest BCUT2D eigenvalue weighted by molar-refractivity contribution is -0.530. The second-order valence-corrected chi connectivity index (χ2v) is 10.5. The van der Waals surface area contributed by atoms with E-state index in [1.807, 2.05) is 0 Å². The third-order valence-electron chi connectivity index (χ3n) is 3.31. The van der Waals surface area contributed by atoms with Gasteiger partial charge in [-0.05, 0) is 18.1 Å². The largest absolute Gasteiger partial charge is 0.414 e. The van der Waals surface area contributed by atoms with E-state index in [4.69, 9.17) is 4.43 Å². The van der Waals surface area contributed by atoms with E-state index in [0.717, 1.165) is 0 Å². The van der Waals surface area contributed by atoms with Crippen LogP contribution in [0.5, 0.6) is 0 Å². The van der Waals surface area contributed by atoms with Gasteiger partial charge in [-0.2, -0.15) is 0 Å². The molecule has 96 valence electrons. The number of nitro groups is 1. The zero-order valence-electron chi connectivity index (χ0n) is 11.0. The summed E-state index contributed by atoms with van der Waals surface area (Å²) in [5, 5.41) is 20.1. The van der Waals surface area contributed by atoms with Gasteiger partial charge >= 0.3 is 0 Å². The van der Waals surface area contributed by atoms with Gasteiger partial charge in [-0.15, -0.1) is 0 Å². The Hall–Kier alpha value is -0.463. The Morgan fingerprint density at radius 1 is 1.44 bits per heavy atom. The minimum absolute atomic E-state index is 0.0403.